The standard InChI is InChI=1S/C14H21BrN2/c1-10-4-5-11(15)12(8-10)17-14(3,9-16)13(2)6-7-13/h4-5,8,17H,6-7,9,16H2,1-3H3. The van der Waals surface area contributed by atoms with Crippen molar-refractivity contribution >= 4 is 21.6 Å². The van der Waals surface area contributed by atoms with E-state index in [-0.39, 0.29) is 5.54 Å². The number of halogens is 1. The van der Waals surface area contributed by atoms with E-state index in [0.717, 1.165) is 10.2 Å². The fraction of sp³-hybridized carbons (Fsp3) is 0.571. The third kappa shape index (κ3) is 2.36. The second kappa shape index (κ2) is 4.29. The van der Waals surface area contributed by atoms with E-state index in [4.69, 9.17) is 5.73 Å². The molecule has 1 saturated carbocycles. The summed E-state index contributed by atoms with van der Waals surface area (Å²) in [4.78, 5) is 0. The summed E-state index contributed by atoms with van der Waals surface area (Å²) in [7, 11) is 0. The molecule has 0 bridgehead atoms. The summed E-state index contributed by atoms with van der Waals surface area (Å²) in [6, 6.07) is 6.36. The van der Waals surface area contributed by atoms with Crippen molar-refractivity contribution in [3.63, 3.8) is 0 Å². The summed E-state index contributed by atoms with van der Waals surface area (Å²) < 4.78 is 1.10. The lowest BCUT2D eigenvalue weighted by Gasteiger charge is -2.37. The molecule has 3 heteroatoms. The molecule has 1 aliphatic carbocycles. The van der Waals surface area contributed by atoms with Gasteiger partial charge in [0, 0.05) is 16.7 Å². The number of hydrogen-bond acceptors (Lipinski definition) is 2. The van der Waals surface area contributed by atoms with Gasteiger partial charge in [-0.25, -0.2) is 0 Å². The molecule has 1 fully saturated rings. The average Bonchev–Trinajstić information content (AvgIpc) is 3.03. The molecule has 1 aromatic rings. The quantitative estimate of drug-likeness (QED) is 0.889. The van der Waals surface area contributed by atoms with E-state index in [2.05, 4.69) is 60.2 Å². The summed E-state index contributed by atoms with van der Waals surface area (Å²) in [6.07, 6.45) is 2.52. The minimum Gasteiger partial charge on any atom is -0.377 e. The van der Waals surface area contributed by atoms with Crippen molar-refractivity contribution in [3.05, 3.63) is 28.2 Å². The summed E-state index contributed by atoms with van der Waals surface area (Å²) in [5, 5.41) is 3.64. The van der Waals surface area contributed by atoms with Gasteiger partial charge in [-0.3, -0.25) is 0 Å². The first-order chi connectivity index (χ1) is 7.90. The van der Waals surface area contributed by atoms with Gasteiger partial charge in [0.1, 0.15) is 0 Å². The number of rotatable bonds is 4. The van der Waals surface area contributed by atoms with Gasteiger partial charge in [0.15, 0.2) is 0 Å². The number of benzene rings is 1. The van der Waals surface area contributed by atoms with Crippen LogP contribution in [0.1, 0.15) is 32.3 Å². The minimum atomic E-state index is -0.0245. The predicted octanol–water partition coefficient (Wildman–Crippen LogP) is 3.69. The lowest BCUT2D eigenvalue weighted by atomic mass is 9.83. The lowest BCUT2D eigenvalue weighted by Crippen LogP contribution is -2.49. The highest BCUT2D eigenvalue weighted by Gasteiger charge is 2.52. The molecule has 1 atom stereocenters. The number of anilines is 1. The first-order valence-electron chi connectivity index (χ1n) is 6.15. The topological polar surface area (TPSA) is 38.0 Å². The third-order valence-corrected chi connectivity index (χ3v) is 4.96. The van der Waals surface area contributed by atoms with E-state index >= 15 is 0 Å². The van der Waals surface area contributed by atoms with Gasteiger partial charge in [-0.05, 0) is 65.7 Å². The van der Waals surface area contributed by atoms with Gasteiger partial charge in [-0.1, -0.05) is 13.0 Å². The Morgan fingerprint density at radius 2 is 2.12 bits per heavy atom. The van der Waals surface area contributed by atoms with Crippen molar-refractivity contribution < 1.29 is 0 Å². The van der Waals surface area contributed by atoms with E-state index in [1.165, 1.54) is 18.4 Å². The Morgan fingerprint density at radius 3 is 2.65 bits per heavy atom. The molecule has 0 radical (unpaired) electrons. The Bertz CT molecular complexity index is 426. The molecule has 2 nitrogen and oxygen atoms in total. The zero-order valence-electron chi connectivity index (χ0n) is 10.8. The Kier molecular flexibility index (Phi) is 3.25. The third-order valence-electron chi connectivity index (χ3n) is 4.27. The molecular formula is C14H21BrN2. The van der Waals surface area contributed by atoms with Crippen molar-refractivity contribution in [2.45, 2.75) is 39.2 Å². The van der Waals surface area contributed by atoms with Gasteiger partial charge in [0.05, 0.1) is 5.54 Å². The Hall–Kier alpha value is -0.540. The van der Waals surface area contributed by atoms with Crippen molar-refractivity contribution in [2.24, 2.45) is 11.1 Å². The molecule has 0 amide bonds. The first kappa shape index (κ1) is 12.9. The largest absolute Gasteiger partial charge is 0.377 e. The van der Waals surface area contributed by atoms with Gasteiger partial charge >= 0.3 is 0 Å². The van der Waals surface area contributed by atoms with Crippen LogP contribution in [0.2, 0.25) is 0 Å². The molecule has 3 N–H and O–H groups in total. The van der Waals surface area contributed by atoms with Crippen LogP contribution in [-0.4, -0.2) is 12.1 Å². The Balaban J connectivity index is 2.27. The van der Waals surface area contributed by atoms with Crippen molar-refractivity contribution in [3.8, 4) is 0 Å². The zero-order chi connectivity index (χ0) is 12.7. The molecule has 17 heavy (non-hydrogen) atoms. The van der Waals surface area contributed by atoms with Crippen LogP contribution in [0.15, 0.2) is 22.7 Å². The molecule has 94 valence electrons. The Labute approximate surface area is 112 Å². The number of nitrogens with two attached hydrogens (primary N) is 1. The second-order valence-corrected chi connectivity index (χ2v) is 6.56. The van der Waals surface area contributed by atoms with E-state index in [1.54, 1.807) is 0 Å². The van der Waals surface area contributed by atoms with Gasteiger partial charge in [-0.2, -0.15) is 0 Å². The maximum absolute atomic E-state index is 5.99. The molecular weight excluding hydrogens is 276 g/mol. The smallest absolute Gasteiger partial charge is 0.0521 e. The SMILES string of the molecule is Cc1ccc(Br)c(NC(C)(CN)C2(C)CC2)c1. The fourth-order valence-corrected chi connectivity index (χ4v) is 2.57. The molecule has 0 heterocycles. The van der Waals surface area contributed by atoms with Gasteiger partial charge < -0.3 is 11.1 Å². The van der Waals surface area contributed by atoms with Crippen LogP contribution in [-0.2, 0) is 0 Å². The summed E-state index contributed by atoms with van der Waals surface area (Å²) in [5.41, 5.74) is 8.71. The number of nitrogens with one attached hydrogen (secondary N) is 1. The van der Waals surface area contributed by atoms with E-state index in [9.17, 15) is 0 Å². The highest BCUT2D eigenvalue weighted by molar-refractivity contribution is 9.10. The van der Waals surface area contributed by atoms with Crippen LogP contribution in [0.3, 0.4) is 0 Å². The van der Waals surface area contributed by atoms with Gasteiger partial charge in [-0.15, -0.1) is 0 Å². The van der Waals surface area contributed by atoms with Crippen molar-refractivity contribution in [1.82, 2.24) is 0 Å². The van der Waals surface area contributed by atoms with Crippen LogP contribution < -0.4 is 11.1 Å². The van der Waals surface area contributed by atoms with Crippen molar-refractivity contribution in [1.29, 1.82) is 0 Å². The zero-order valence-corrected chi connectivity index (χ0v) is 12.4. The fourth-order valence-electron chi connectivity index (χ4n) is 2.22. The average molecular weight is 297 g/mol. The highest BCUT2D eigenvalue weighted by Crippen LogP contribution is 2.54. The number of aryl methyl sites for hydroxylation is 1. The molecule has 1 aromatic carbocycles. The first-order valence-corrected chi connectivity index (χ1v) is 6.94. The Morgan fingerprint density at radius 1 is 1.47 bits per heavy atom. The summed E-state index contributed by atoms with van der Waals surface area (Å²) >= 11 is 3.60. The van der Waals surface area contributed by atoms with Crippen LogP contribution >= 0.6 is 15.9 Å². The summed E-state index contributed by atoms with van der Waals surface area (Å²) in [5.74, 6) is 0. The normalized spacial score (nSPS) is 20.8. The van der Waals surface area contributed by atoms with Crippen LogP contribution in [0.4, 0.5) is 5.69 Å². The molecule has 2 rings (SSSR count). The molecule has 0 aromatic heterocycles. The second-order valence-electron chi connectivity index (χ2n) is 5.71. The molecule has 0 spiro atoms. The number of hydrogen-bond donors (Lipinski definition) is 2. The van der Waals surface area contributed by atoms with Gasteiger partial charge in [0.25, 0.3) is 0 Å². The molecule has 0 saturated heterocycles. The highest BCUT2D eigenvalue weighted by atomic mass is 79.9. The molecule has 1 aliphatic rings. The monoisotopic (exact) mass is 296 g/mol. The lowest BCUT2D eigenvalue weighted by molar-refractivity contribution is 0.333. The van der Waals surface area contributed by atoms with E-state index in [1.807, 2.05) is 0 Å². The van der Waals surface area contributed by atoms with Crippen LogP contribution in [0.5, 0.6) is 0 Å². The van der Waals surface area contributed by atoms with E-state index < -0.39 is 0 Å². The van der Waals surface area contributed by atoms with Crippen molar-refractivity contribution in [2.75, 3.05) is 11.9 Å². The predicted molar refractivity (Wildman–Crippen MR) is 77.3 cm³/mol. The maximum Gasteiger partial charge on any atom is 0.0521 e. The minimum absolute atomic E-state index is 0.0245. The van der Waals surface area contributed by atoms with Crippen LogP contribution in [0.25, 0.3) is 0 Å². The van der Waals surface area contributed by atoms with Gasteiger partial charge in [0.2, 0.25) is 0 Å². The van der Waals surface area contributed by atoms with Crippen LogP contribution in [0, 0.1) is 12.3 Å². The molecule has 0 aliphatic heterocycles. The van der Waals surface area contributed by atoms with E-state index in [0.29, 0.717) is 12.0 Å². The molecule has 1 unspecified atom stereocenters. The summed E-state index contributed by atoms with van der Waals surface area (Å²) in [6.45, 7) is 7.31. The maximum atomic E-state index is 5.99.